The molecule has 0 bridgehead atoms. The van der Waals surface area contributed by atoms with Gasteiger partial charge in [0.05, 0.1) is 7.11 Å². The molecular weight excluding hydrogens is 358 g/mol. The number of likely N-dealkylation sites (tertiary alicyclic amines) is 1. The smallest absolute Gasteiger partial charge is 0.126 e. The van der Waals surface area contributed by atoms with Crippen LogP contribution in [0.3, 0.4) is 0 Å². The van der Waals surface area contributed by atoms with Crippen molar-refractivity contribution in [2.75, 3.05) is 26.7 Å². The Kier molecular flexibility index (Phi) is 5.67. The average molecular weight is 390 g/mol. The second-order valence-electron chi connectivity index (χ2n) is 8.59. The van der Waals surface area contributed by atoms with E-state index in [1.807, 2.05) is 36.4 Å². The van der Waals surface area contributed by atoms with Crippen LogP contribution < -0.4 is 4.74 Å². The van der Waals surface area contributed by atoms with Crippen molar-refractivity contribution in [3.63, 3.8) is 0 Å². The molecule has 0 aromatic heterocycles. The number of piperidine rings is 1. The van der Waals surface area contributed by atoms with Crippen molar-refractivity contribution in [2.45, 2.75) is 43.6 Å². The van der Waals surface area contributed by atoms with Crippen molar-refractivity contribution in [1.29, 1.82) is 0 Å². The summed E-state index contributed by atoms with van der Waals surface area (Å²) in [5.74, 6) is 7.90. The van der Waals surface area contributed by atoms with Gasteiger partial charge in [0.2, 0.25) is 0 Å². The van der Waals surface area contributed by atoms with Gasteiger partial charge in [-0.2, -0.15) is 0 Å². The molecule has 1 unspecified atom stereocenters. The summed E-state index contributed by atoms with van der Waals surface area (Å²) in [6.45, 7) is 5.48. The van der Waals surface area contributed by atoms with Gasteiger partial charge in [0.1, 0.15) is 11.4 Å². The van der Waals surface area contributed by atoms with Crippen LogP contribution >= 0.6 is 0 Å². The van der Waals surface area contributed by atoms with Crippen LogP contribution in [-0.2, 0) is 5.41 Å². The molecule has 152 valence electrons. The van der Waals surface area contributed by atoms with Crippen molar-refractivity contribution >= 4 is 0 Å². The largest absolute Gasteiger partial charge is 0.497 e. The molecule has 29 heavy (non-hydrogen) atoms. The van der Waals surface area contributed by atoms with Crippen LogP contribution in [0.1, 0.15) is 43.7 Å². The van der Waals surface area contributed by atoms with Crippen LogP contribution in [-0.4, -0.2) is 42.4 Å². The maximum atomic E-state index is 11.5. The third-order valence-corrected chi connectivity index (χ3v) is 6.95. The molecule has 2 aliphatic rings. The first-order valence-corrected chi connectivity index (χ1v) is 10.7. The first kappa shape index (κ1) is 20.0. The number of rotatable bonds is 3. The SMILES string of the molecule is CCN1CC[C@]2(c3cccc(OC)c3)CC(O)(C#Cc3ccccc3)CC[C@H]2C1. The van der Waals surface area contributed by atoms with E-state index in [1.165, 1.54) is 5.56 Å². The minimum absolute atomic E-state index is 0.0570. The maximum Gasteiger partial charge on any atom is 0.126 e. The minimum atomic E-state index is -0.955. The summed E-state index contributed by atoms with van der Waals surface area (Å²) in [6.07, 6.45) is 3.47. The molecule has 1 heterocycles. The molecule has 3 nitrogen and oxygen atoms in total. The molecule has 1 N–H and O–H groups in total. The van der Waals surface area contributed by atoms with Crippen molar-refractivity contribution in [3.05, 3.63) is 65.7 Å². The van der Waals surface area contributed by atoms with Crippen LogP contribution in [0, 0.1) is 17.8 Å². The molecule has 1 aliphatic heterocycles. The zero-order chi connectivity index (χ0) is 20.3. The predicted octanol–water partition coefficient (Wildman–Crippen LogP) is 4.24. The highest BCUT2D eigenvalue weighted by Crippen LogP contribution is 2.52. The molecule has 2 aromatic carbocycles. The van der Waals surface area contributed by atoms with Crippen molar-refractivity contribution < 1.29 is 9.84 Å². The second kappa shape index (κ2) is 8.22. The number of hydrogen-bond acceptors (Lipinski definition) is 3. The highest BCUT2D eigenvalue weighted by Gasteiger charge is 2.52. The number of hydrogen-bond donors (Lipinski definition) is 1. The molecule has 0 amide bonds. The number of fused-ring (bicyclic) bond motifs is 1. The van der Waals surface area contributed by atoms with Crippen LogP contribution in [0.4, 0.5) is 0 Å². The standard InChI is InChI=1S/C26H31NO2/c1-3-27-17-16-26(22-10-7-11-24(18-22)29-2)20-25(28,15-13-23(26)19-27)14-12-21-8-5-4-6-9-21/h4-11,18,23,28H,3,13,15-17,19-20H2,1-2H3/t23-,25?,26+/m0/s1. The molecule has 1 saturated heterocycles. The Bertz CT molecular complexity index is 900. The van der Waals surface area contributed by atoms with Gasteiger partial charge >= 0.3 is 0 Å². The highest BCUT2D eigenvalue weighted by molar-refractivity contribution is 5.40. The molecule has 2 aromatic rings. The van der Waals surface area contributed by atoms with E-state index in [9.17, 15) is 5.11 Å². The van der Waals surface area contributed by atoms with E-state index >= 15 is 0 Å². The molecular formula is C26H31NO2. The summed E-state index contributed by atoms with van der Waals surface area (Å²) in [6, 6.07) is 18.4. The molecule has 1 aliphatic carbocycles. The van der Waals surface area contributed by atoms with E-state index in [1.54, 1.807) is 7.11 Å². The van der Waals surface area contributed by atoms with Crippen LogP contribution in [0.15, 0.2) is 54.6 Å². The third kappa shape index (κ3) is 4.06. The fraction of sp³-hybridized carbons (Fsp3) is 0.462. The molecule has 0 radical (unpaired) electrons. The number of methoxy groups -OCH3 is 1. The summed E-state index contributed by atoms with van der Waals surface area (Å²) >= 11 is 0. The maximum absolute atomic E-state index is 11.5. The van der Waals surface area contributed by atoms with Gasteiger partial charge in [-0.25, -0.2) is 0 Å². The Morgan fingerprint density at radius 1 is 1.14 bits per heavy atom. The second-order valence-corrected chi connectivity index (χ2v) is 8.59. The summed E-state index contributed by atoms with van der Waals surface area (Å²) in [4.78, 5) is 2.54. The Labute approximate surface area is 174 Å². The number of aliphatic hydroxyl groups is 1. The van der Waals surface area contributed by atoms with Crippen molar-refractivity contribution in [2.24, 2.45) is 5.92 Å². The van der Waals surface area contributed by atoms with Gasteiger partial charge in [-0.3, -0.25) is 0 Å². The minimum Gasteiger partial charge on any atom is -0.497 e. The van der Waals surface area contributed by atoms with Gasteiger partial charge in [-0.1, -0.05) is 49.1 Å². The molecule has 2 fully saturated rings. The number of benzene rings is 2. The number of ether oxygens (including phenoxy) is 1. The Balaban J connectivity index is 1.70. The van der Waals surface area contributed by atoms with Crippen molar-refractivity contribution in [3.8, 4) is 17.6 Å². The van der Waals surface area contributed by atoms with Crippen LogP contribution in [0.5, 0.6) is 5.75 Å². The lowest BCUT2D eigenvalue weighted by Crippen LogP contribution is -2.56. The fourth-order valence-corrected chi connectivity index (χ4v) is 5.28. The topological polar surface area (TPSA) is 32.7 Å². The Morgan fingerprint density at radius 2 is 1.97 bits per heavy atom. The lowest BCUT2D eigenvalue weighted by molar-refractivity contribution is -0.0376. The van der Waals surface area contributed by atoms with Gasteiger partial charge in [-0.15, -0.1) is 0 Å². The zero-order valence-electron chi connectivity index (χ0n) is 17.5. The monoisotopic (exact) mass is 389 g/mol. The number of nitrogens with zero attached hydrogens (tertiary/aromatic N) is 1. The van der Waals surface area contributed by atoms with E-state index in [-0.39, 0.29) is 5.41 Å². The van der Waals surface area contributed by atoms with Gasteiger partial charge < -0.3 is 14.7 Å². The van der Waals surface area contributed by atoms with Crippen LogP contribution in [0.25, 0.3) is 0 Å². The summed E-state index contributed by atoms with van der Waals surface area (Å²) in [7, 11) is 1.72. The summed E-state index contributed by atoms with van der Waals surface area (Å²) in [5.41, 5.74) is 1.24. The normalized spacial score (nSPS) is 29.4. The first-order valence-electron chi connectivity index (χ1n) is 10.7. The quantitative estimate of drug-likeness (QED) is 0.797. The molecule has 4 rings (SSSR count). The van der Waals surface area contributed by atoms with E-state index in [2.05, 4.69) is 41.9 Å². The van der Waals surface area contributed by atoms with Gasteiger partial charge in [0.25, 0.3) is 0 Å². The fourth-order valence-electron chi connectivity index (χ4n) is 5.28. The van der Waals surface area contributed by atoms with E-state index in [0.29, 0.717) is 12.3 Å². The predicted molar refractivity (Wildman–Crippen MR) is 117 cm³/mol. The van der Waals surface area contributed by atoms with Gasteiger partial charge in [0, 0.05) is 17.5 Å². The Morgan fingerprint density at radius 3 is 2.72 bits per heavy atom. The average Bonchev–Trinajstić information content (AvgIpc) is 2.78. The van der Waals surface area contributed by atoms with Gasteiger partial charge in [-0.05, 0) is 74.5 Å². The molecule has 3 heteroatoms. The van der Waals surface area contributed by atoms with Gasteiger partial charge in [0.15, 0.2) is 0 Å². The van der Waals surface area contributed by atoms with Crippen LogP contribution in [0.2, 0.25) is 0 Å². The molecule has 3 atom stereocenters. The highest BCUT2D eigenvalue weighted by atomic mass is 16.5. The van der Waals surface area contributed by atoms with Crippen molar-refractivity contribution in [1.82, 2.24) is 4.90 Å². The van der Waals surface area contributed by atoms with E-state index < -0.39 is 5.60 Å². The Hall–Kier alpha value is -2.28. The first-order chi connectivity index (χ1) is 14.1. The summed E-state index contributed by atoms with van der Waals surface area (Å²) < 4.78 is 5.52. The lowest BCUT2D eigenvalue weighted by Gasteiger charge is -2.54. The van der Waals surface area contributed by atoms with E-state index in [0.717, 1.165) is 50.2 Å². The molecule has 0 spiro atoms. The molecule has 1 saturated carbocycles. The van der Waals surface area contributed by atoms with E-state index in [4.69, 9.17) is 4.74 Å². The zero-order valence-corrected chi connectivity index (χ0v) is 17.5. The third-order valence-electron chi connectivity index (χ3n) is 6.95. The summed E-state index contributed by atoms with van der Waals surface area (Å²) in [5, 5.41) is 11.5. The lowest BCUT2D eigenvalue weighted by atomic mass is 9.55.